The number of carbonyl (C=O) groups is 2. The molecule has 0 aromatic rings. The Kier molecular flexibility index (Phi) is 4.58. The molecule has 0 saturated carbocycles. The summed E-state index contributed by atoms with van der Waals surface area (Å²) < 4.78 is 10.5. The second kappa shape index (κ2) is 6.21. The van der Waals surface area contributed by atoms with Gasteiger partial charge in [-0.1, -0.05) is 0 Å². The van der Waals surface area contributed by atoms with Crippen LogP contribution in [0.15, 0.2) is 11.8 Å². The van der Waals surface area contributed by atoms with E-state index in [9.17, 15) is 14.7 Å². The van der Waals surface area contributed by atoms with Crippen molar-refractivity contribution in [1.29, 1.82) is 0 Å². The van der Waals surface area contributed by atoms with Crippen LogP contribution in [0.3, 0.4) is 0 Å². The highest BCUT2D eigenvalue weighted by atomic mass is 16.5. The van der Waals surface area contributed by atoms with Gasteiger partial charge in [0.25, 0.3) is 5.91 Å². The van der Waals surface area contributed by atoms with Crippen LogP contribution in [0.1, 0.15) is 13.3 Å². The van der Waals surface area contributed by atoms with Crippen LogP contribution in [0.5, 0.6) is 0 Å². The first kappa shape index (κ1) is 14.8. The summed E-state index contributed by atoms with van der Waals surface area (Å²) in [6.45, 7) is 1.91. The van der Waals surface area contributed by atoms with Crippen molar-refractivity contribution < 1.29 is 29.3 Å². The number of rotatable bonds is 4. The van der Waals surface area contributed by atoms with Crippen molar-refractivity contribution in [3.63, 3.8) is 0 Å². The van der Waals surface area contributed by atoms with Crippen molar-refractivity contribution in [2.75, 3.05) is 19.8 Å². The molecule has 112 valence electrons. The quantitative estimate of drug-likeness (QED) is 0.448. The molecule has 0 aromatic heterocycles. The number of nitrogens with zero attached hydrogens (tertiary/aromatic N) is 1. The van der Waals surface area contributed by atoms with Crippen molar-refractivity contribution in [3.05, 3.63) is 11.8 Å². The van der Waals surface area contributed by atoms with Gasteiger partial charge in [-0.15, -0.1) is 0 Å². The van der Waals surface area contributed by atoms with Crippen molar-refractivity contribution in [2.24, 2.45) is 0 Å². The predicted octanol–water partition coefficient (Wildman–Crippen LogP) is -1.07. The average Bonchev–Trinajstić information content (AvgIpc) is 2.79. The molecule has 2 saturated heterocycles. The highest BCUT2D eigenvalue weighted by molar-refractivity contribution is 6.06. The molecule has 0 aliphatic carbocycles. The summed E-state index contributed by atoms with van der Waals surface area (Å²) in [5, 5.41) is 20.9. The molecule has 2 aliphatic heterocycles. The lowest BCUT2D eigenvalue weighted by molar-refractivity contribution is -0.119. The van der Waals surface area contributed by atoms with Gasteiger partial charge in [-0.25, -0.2) is 4.79 Å². The molecule has 2 rings (SSSR count). The van der Waals surface area contributed by atoms with Gasteiger partial charge in [-0.05, 0) is 6.92 Å². The van der Waals surface area contributed by atoms with E-state index in [1.807, 2.05) is 0 Å². The number of imide groups is 1. The van der Waals surface area contributed by atoms with E-state index < -0.39 is 30.4 Å². The lowest BCUT2D eigenvalue weighted by Gasteiger charge is -2.32. The average molecular weight is 286 g/mol. The summed E-state index contributed by atoms with van der Waals surface area (Å²) in [5.74, 6) is -0.503. The van der Waals surface area contributed by atoms with Crippen LogP contribution < -0.4 is 5.32 Å². The molecule has 20 heavy (non-hydrogen) atoms. The number of aliphatic hydroxyl groups excluding tert-OH is 2. The van der Waals surface area contributed by atoms with Crippen molar-refractivity contribution in [3.8, 4) is 0 Å². The molecule has 0 spiro atoms. The summed E-state index contributed by atoms with van der Waals surface area (Å²) in [5.41, 5.74) is 0.303. The third-order valence-electron chi connectivity index (χ3n) is 3.24. The van der Waals surface area contributed by atoms with Crippen LogP contribution in [0.4, 0.5) is 4.79 Å². The molecule has 2 fully saturated rings. The monoisotopic (exact) mass is 286 g/mol. The van der Waals surface area contributed by atoms with Crippen molar-refractivity contribution in [1.82, 2.24) is 10.2 Å². The first-order valence-corrected chi connectivity index (χ1v) is 6.43. The fourth-order valence-electron chi connectivity index (χ4n) is 2.16. The molecule has 8 heteroatoms. The molecule has 0 bridgehead atoms. The van der Waals surface area contributed by atoms with Gasteiger partial charge in [-0.3, -0.25) is 15.0 Å². The van der Waals surface area contributed by atoms with E-state index in [0.717, 1.165) is 0 Å². The molecule has 3 N–H and O–H groups in total. The van der Waals surface area contributed by atoms with E-state index in [1.54, 1.807) is 6.92 Å². The molecular formula is C12H18N2O6. The van der Waals surface area contributed by atoms with E-state index in [4.69, 9.17) is 14.6 Å². The second-order valence-corrected chi connectivity index (χ2v) is 4.60. The van der Waals surface area contributed by atoms with Gasteiger partial charge in [0.1, 0.15) is 12.3 Å². The number of amides is 3. The van der Waals surface area contributed by atoms with Gasteiger partial charge in [-0.2, -0.15) is 0 Å². The summed E-state index contributed by atoms with van der Waals surface area (Å²) in [6.07, 6.45) is -0.738. The summed E-state index contributed by atoms with van der Waals surface area (Å²) >= 11 is 0. The first-order chi connectivity index (χ1) is 9.56. The maximum Gasteiger partial charge on any atom is 0.326 e. The maximum atomic E-state index is 11.8. The summed E-state index contributed by atoms with van der Waals surface area (Å²) in [4.78, 5) is 24.7. The zero-order chi connectivity index (χ0) is 14.7. The van der Waals surface area contributed by atoms with Gasteiger partial charge in [0, 0.05) is 6.42 Å². The molecule has 0 unspecified atom stereocenters. The smallest absolute Gasteiger partial charge is 0.326 e. The molecule has 3 amide bonds. The van der Waals surface area contributed by atoms with E-state index in [0.29, 0.717) is 12.2 Å². The molecule has 0 radical (unpaired) electrons. The number of aliphatic hydroxyl groups is 2. The largest absolute Gasteiger partial charge is 0.501 e. The fourth-order valence-corrected chi connectivity index (χ4v) is 2.16. The van der Waals surface area contributed by atoms with Crippen molar-refractivity contribution >= 4 is 11.9 Å². The number of ether oxygens (including phenoxy) is 2. The Labute approximate surface area is 116 Å². The Bertz CT molecular complexity index is 424. The van der Waals surface area contributed by atoms with Crippen LogP contribution in [-0.4, -0.2) is 65.2 Å². The fraction of sp³-hybridized carbons (Fsp3) is 0.667. The Balaban J connectivity index is 2.07. The highest BCUT2D eigenvalue weighted by Gasteiger charge is 2.41. The summed E-state index contributed by atoms with van der Waals surface area (Å²) in [6, 6.07) is -0.584. The molecule has 8 nitrogen and oxygen atoms in total. The SMILES string of the molecule is CCOC=C1CN([C@H]2C[C@@H](O)[C@H](CO)O2)C(=O)NC1=O. The number of hydrogen-bond donors (Lipinski definition) is 3. The lowest BCUT2D eigenvalue weighted by Crippen LogP contribution is -2.54. The normalized spacial score (nSPS) is 32.6. The van der Waals surface area contributed by atoms with E-state index in [2.05, 4.69) is 5.32 Å². The van der Waals surface area contributed by atoms with Crippen LogP contribution in [0.25, 0.3) is 0 Å². The zero-order valence-electron chi connectivity index (χ0n) is 11.1. The minimum atomic E-state index is -0.838. The molecule has 0 aromatic carbocycles. The Hall–Kier alpha value is -1.64. The third-order valence-corrected chi connectivity index (χ3v) is 3.24. The Morgan fingerprint density at radius 3 is 2.90 bits per heavy atom. The van der Waals surface area contributed by atoms with Gasteiger partial charge >= 0.3 is 6.03 Å². The molecular weight excluding hydrogens is 268 g/mol. The first-order valence-electron chi connectivity index (χ1n) is 6.43. The minimum absolute atomic E-state index is 0.0419. The van der Waals surface area contributed by atoms with Gasteiger partial charge in [0.2, 0.25) is 0 Å². The Morgan fingerprint density at radius 1 is 1.55 bits per heavy atom. The number of hydrogen-bond acceptors (Lipinski definition) is 6. The topological polar surface area (TPSA) is 108 Å². The molecule has 2 heterocycles. The lowest BCUT2D eigenvalue weighted by atomic mass is 10.1. The van der Waals surface area contributed by atoms with Gasteiger partial charge < -0.3 is 19.7 Å². The van der Waals surface area contributed by atoms with E-state index >= 15 is 0 Å². The van der Waals surface area contributed by atoms with Crippen LogP contribution in [0.2, 0.25) is 0 Å². The maximum absolute atomic E-state index is 11.8. The van der Waals surface area contributed by atoms with Crippen LogP contribution in [0, 0.1) is 0 Å². The Morgan fingerprint density at radius 2 is 2.30 bits per heavy atom. The predicted molar refractivity (Wildman–Crippen MR) is 66.3 cm³/mol. The standard InChI is InChI=1S/C12H18N2O6/c1-2-19-6-7-4-14(12(18)13-11(7)17)10-3-8(16)9(5-15)20-10/h6,8-10,15-16H,2-5H2,1H3,(H,13,17,18)/t8-,9+,10-/m1/s1. The second-order valence-electron chi connectivity index (χ2n) is 4.60. The molecule has 2 aliphatic rings. The summed E-state index contributed by atoms with van der Waals surface area (Å²) in [7, 11) is 0. The van der Waals surface area contributed by atoms with Gasteiger partial charge in [0.15, 0.2) is 0 Å². The number of nitrogens with one attached hydrogen (secondary N) is 1. The van der Waals surface area contributed by atoms with Crippen molar-refractivity contribution in [2.45, 2.75) is 31.8 Å². The minimum Gasteiger partial charge on any atom is -0.501 e. The third kappa shape index (κ3) is 2.92. The van der Waals surface area contributed by atoms with E-state index in [-0.39, 0.29) is 19.6 Å². The number of urea groups is 1. The van der Waals surface area contributed by atoms with E-state index in [1.165, 1.54) is 11.2 Å². The zero-order valence-corrected chi connectivity index (χ0v) is 11.1. The van der Waals surface area contributed by atoms with Crippen LogP contribution >= 0.6 is 0 Å². The highest BCUT2D eigenvalue weighted by Crippen LogP contribution is 2.25. The molecule has 3 atom stereocenters. The number of carbonyl (C=O) groups excluding carboxylic acids is 2. The van der Waals surface area contributed by atoms with Crippen LogP contribution in [-0.2, 0) is 14.3 Å². The van der Waals surface area contributed by atoms with Gasteiger partial charge in [0.05, 0.1) is 37.7 Å².